The fourth-order valence-corrected chi connectivity index (χ4v) is 2.32. The number of benzene rings is 1. The Morgan fingerprint density at radius 1 is 0.696 bits per heavy atom. The van der Waals surface area contributed by atoms with Gasteiger partial charge in [-0.05, 0) is 5.56 Å². The summed E-state index contributed by atoms with van der Waals surface area (Å²) in [5.74, 6) is -34.0. The minimum absolute atomic E-state index is 0. The second-order valence-electron chi connectivity index (χ2n) is 4.91. The summed E-state index contributed by atoms with van der Waals surface area (Å²) in [6.07, 6.45) is 0. The Hall–Kier alpha value is -1.46. The van der Waals surface area contributed by atoms with Crippen molar-refractivity contribution in [2.24, 2.45) is 0 Å². The molecule has 1 aliphatic carbocycles. The van der Waals surface area contributed by atoms with Crippen molar-refractivity contribution in [3.63, 3.8) is 0 Å². The van der Waals surface area contributed by atoms with Crippen LogP contribution in [0.3, 0.4) is 0 Å². The fourth-order valence-electron chi connectivity index (χ4n) is 2.32. The lowest BCUT2D eigenvalue weighted by Gasteiger charge is -2.51. The quantitative estimate of drug-likeness (QED) is 0.599. The van der Waals surface area contributed by atoms with E-state index in [-0.39, 0.29) is 5.48 Å². The Kier molecular flexibility index (Phi) is 4.27. The van der Waals surface area contributed by atoms with E-state index in [2.05, 4.69) is 0 Å². The summed E-state index contributed by atoms with van der Waals surface area (Å²) in [6.45, 7) is 0. The third kappa shape index (κ3) is 2.06. The van der Waals surface area contributed by atoms with E-state index in [4.69, 9.17) is 10.2 Å². The number of halogens is 8. The van der Waals surface area contributed by atoms with Gasteiger partial charge in [-0.1, -0.05) is 30.3 Å². The smallest absolute Gasteiger partial charge is 0.369 e. The zero-order valence-corrected chi connectivity index (χ0v) is 10.9. The standard InChI is InChI=1S/C12H8F8O2.H2O/c13-8(14)7(6-4-2-1-3-5-6)9(15,16)11(19,20)12(21,22)10(8,17)18;/h1-5,7,21-22H;1H2. The summed E-state index contributed by atoms with van der Waals surface area (Å²) in [5.41, 5.74) is -1.19. The van der Waals surface area contributed by atoms with Gasteiger partial charge in [0, 0.05) is 0 Å². The van der Waals surface area contributed by atoms with E-state index in [9.17, 15) is 35.1 Å². The largest absolute Gasteiger partial charge is 0.412 e. The Labute approximate surface area is 123 Å². The zero-order chi connectivity index (χ0) is 17.2. The summed E-state index contributed by atoms with van der Waals surface area (Å²) in [6, 6.07) is 4.08. The van der Waals surface area contributed by atoms with Crippen LogP contribution in [0.25, 0.3) is 0 Å². The minimum Gasteiger partial charge on any atom is -0.412 e. The van der Waals surface area contributed by atoms with Crippen LogP contribution in [-0.4, -0.2) is 45.2 Å². The lowest BCUT2D eigenvalue weighted by atomic mass is 9.70. The molecule has 1 aromatic carbocycles. The maximum atomic E-state index is 13.8. The highest BCUT2D eigenvalue weighted by Crippen LogP contribution is 2.66. The van der Waals surface area contributed by atoms with Gasteiger partial charge in [-0.15, -0.1) is 0 Å². The second kappa shape index (κ2) is 5.02. The van der Waals surface area contributed by atoms with Crippen molar-refractivity contribution in [3.8, 4) is 0 Å². The average Bonchev–Trinajstić information content (AvgIpc) is 2.37. The van der Waals surface area contributed by atoms with Gasteiger partial charge in [0.05, 0.1) is 0 Å². The van der Waals surface area contributed by atoms with Gasteiger partial charge in [-0.2, -0.15) is 35.1 Å². The molecule has 3 nitrogen and oxygen atoms in total. The van der Waals surface area contributed by atoms with Crippen molar-refractivity contribution in [3.05, 3.63) is 35.9 Å². The first-order valence-electron chi connectivity index (χ1n) is 5.74. The van der Waals surface area contributed by atoms with Crippen molar-refractivity contribution >= 4 is 0 Å². The van der Waals surface area contributed by atoms with Crippen molar-refractivity contribution < 1.29 is 50.8 Å². The van der Waals surface area contributed by atoms with Gasteiger partial charge in [-0.25, -0.2) is 0 Å². The van der Waals surface area contributed by atoms with Crippen LogP contribution in [0, 0.1) is 0 Å². The molecule has 0 saturated heterocycles. The van der Waals surface area contributed by atoms with Crippen LogP contribution < -0.4 is 0 Å². The number of hydrogen-bond donors (Lipinski definition) is 2. The van der Waals surface area contributed by atoms with E-state index in [1.54, 1.807) is 0 Å². The molecule has 132 valence electrons. The van der Waals surface area contributed by atoms with E-state index < -0.39 is 41.0 Å². The number of alkyl halides is 8. The molecule has 0 aromatic heterocycles. The lowest BCUT2D eigenvalue weighted by molar-refractivity contribution is -0.490. The van der Waals surface area contributed by atoms with E-state index in [0.29, 0.717) is 12.1 Å². The Morgan fingerprint density at radius 3 is 1.39 bits per heavy atom. The molecule has 0 bridgehead atoms. The highest BCUT2D eigenvalue weighted by Gasteiger charge is 2.93. The first kappa shape index (κ1) is 19.6. The van der Waals surface area contributed by atoms with E-state index >= 15 is 0 Å². The summed E-state index contributed by atoms with van der Waals surface area (Å²) in [7, 11) is 0. The molecule has 0 radical (unpaired) electrons. The molecule has 0 heterocycles. The second-order valence-corrected chi connectivity index (χ2v) is 4.91. The highest BCUT2D eigenvalue weighted by molar-refractivity contribution is 5.32. The molecule has 4 N–H and O–H groups in total. The number of aliphatic hydroxyl groups is 2. The van der Waals surface area contributed by atoms with Gasteiger partial charge in [0.1, 0.15) is 5.92 Å². The summed E-state index contributed by atoms with van der Waals surface area (Å²) in [4.78, 5) is 0. The molecular formula is C12H10F8O3. The Morgan fingerprint density at radius 2 is 1.04 bits per heavy atom. The summed E-state index contributed by atoms with van der Waals surface area (Å²) >= 11 is 0. The van der Waals surface area contributed by atoms with Crippen LogP contribution in [0.5, 0.6) is 0 Å². The van der Waals surface area contributed by atoms with Gasteiger partial charge in [0.2, 0.25) is 0 Å². The van der Waals surface area contributed by atoms with Crippen LogP contribution in [0.2, 0.25) is 0 Å². The number of hydrogen-bond acceptors (Lipinski definition) is 2. The molecule has 0 spiro atoms. The Balaban J connectivity index is 0.00000264. The molecule has 0 unspecified atom stereocenters. The van der Waals surface area contributed by atoms with Gasteiger partial charge >= 0.3 is 29.5 Å². The molecular weight excluding hydrogens is 344 g/mol. The third-order valence-corrected chi connectivity index (χ3v) is 3.57. The molecule has 2 rings (SSSR count). The molecule has 1 saturated carbocycles. The highest BCUT2D eigenvalue weighted by atomic mass is 19.3. The van der Waals surface area contributed by atoms with Crippen LogP contribution in [-0.2, 0) is 0 Å². The van der Waals surface area contributed by atoms with E-state index in [1.165, 1.54) is 6.07 Å². The SMILES string of the molecule is O.OC1(O)C(F)(F)C(F)(F)C(c2ccccc2)C(F)(F)C1(F)F. The molecule has 1 aliphatic rings. The molecule has 23 heavy (non-hydrogen) atoms. The fraction of sp³-hybridized carbons (Fsp3) is 0.500. The first-order valence-corrected chi connectivity index (χ1v) is 5.74. The van der Waals surface area contributed by atoms with Crippen molar-refractivity contribution in [2.75, 3.05) is 0 Å². The summed E-state index contributed by atoms with van der Waals surface area (Å²) < 4.78 is 109. The predicted molar refractivity (Wildman–Crippen MR) is 59.8 cm³/mol. The van der Waals surface area contributed by atoms with Crippen LogP contribution >= 0.6 is 0 Å². The summed E-state index contributed by atoms with van der Waals surface area (Å²) in [5, 5.41) is 17.3. The van der Waals surface area contributed by atoms with Gasteiger partial charge in [-0.3, -0.25) is 0 Å². The first-order chi connectivity index (χ1) is 9.73. The lowest BCUT2D eigenvalue weighted by Crippen LogP contribution is -2.79. The van der Waals surface area contributed by atoms with Crippen molar-refractivity contribution in [1.82, 2.24) is 0 Å². The third-order valence-electron chi connectivity index (χ3n) is 3.57. The van der Waals surface area contributed by atoms with Gasteiger partial charge in [0.15, 0.2) is 0 Å². The zero-order valence-electron chi connectivity index (χ0n) is 10.9. The van der Waals surface area contributed by atoms with Crippen LogP contribution in [0.4, 0.5) is 35.1 Å². The van der Waals surface area contributed by atoms with Gasteiger partial charge in [0.25, 0.3) is 0 Å². The molecule has 0 atom stereocenters. The van der Waals surface area contributed by atoms with E-state index in [1.807, 2.05) is 0 Å². The normalized spacial score (nSPS) is 27.0. The average molecular weight is 354 g/mol. The molecule has 0 aliphatic heterocycles. The molecule has 0 amide bonds. The molecule has 1 aromatic rings. The van der Waals surface area contributed by atoms with Crippen LogP contribution in [0.1, 0.15) is 11.5 Å². The maximum Gasteiger partial charge on any atom is 0.369 e. The van der Waals surface area contributed by atoms with Crippen molar-refractivity contribution in [2.45, 2.75) is 35.4 Å². The monoisotopic (exact) mass is 354 g/mol. The number of rotatable bonds is 1. The molecule has 11 heteroatoms. The maximum absolute atomic E-state index is 13.8. The predicted octanol–water partition coefficient (Wildman–Crippen LogP) is 2.18. The van der Waals surface area contributed by atoms with Crippen LogP contribution in [0.15, 0.2) is 30.3 Å². The van der Waals surface area contributed by atoms with E-state index in [0.717, 1.165) is 12.1 Å². The topological polar surface area (TPSA) is 72.0 Å². The van der Waals surface area contributed by atoms with Crippen molar-refractivity contribution in [1.29, 1.82) is 0 Å². The van der Waals surface area contributed by atoms with Gasteiger partial charge < -0.3 is 15.7 Å². The molecule has 1 fully saturated rings. The Bertz CT molecular complexity index is 543. The minimum atomic E-state index is -6.22.